The summed E-state index contributed by atoms with van der Waals surface area (Å²) in [6, 6.07) is 22.5. The van der Waals surface area contributed by atoms with Crippen LogP contribution in [-0.2, 0) is 0 Å². The molecule has 0 aliphatic carbocycles. The Kier molecular flexibility index (Phi) is 3.58. The summed E-state index contributed by atoms with van der Waals surface area (Å²) in [4.78, 5) is 26.0. The van der Waals surface area contributed by atoms with Crippen LogP contribution >= 0.6 is 0 Å². The van der Waals surface area contributed by atoms with Crippen LogP contribution in [-0.4, -0.2) is 15.6 Å². The van der Waals surface area contributed by atoms with E-state index in [1.807, 2.05) is 66.7 Å². The monoisotopic (exact) mass is 328 g/mol. The predicted octanol–water partition coefficient (Wildman–Crippen LogP) is 3.86. The van der Waals surface area contributed by atoms with E-state index in [0.717, 1.165) is 10.8 Å². The smallest absolute Gasteiger partial charge is 0.282 e. The molecule has 0 radical (unpaired) electrons. The average Bonchev–Trinajstić information content (AvgIpc) is 2.96. The topological polar surface area (TPSA) is 54.9 Å². The second-order valence-electron chi connectivity index (χ2n) is 5.94. The van der Waals surface area contributed by atoms with Crippen molar-refractivity contribution in [2.45, 2.75) is 6.92 Å². The molecule has 4 nitrogen and oxygen atoms in total. The zero-order chi connectivity index (χ0) is 17.4. The SMILES string of the molecule is Cc1[nH]n(-c2ccccc2)c(=O)c1C(=O)c1cccc2ccccc12. The lowest BCUT2D eigenvalue weighted by Crippen LogP contribution is -2.21. The van der Waals surface area contributed by atoms with Crippen molar-refractivity contribution in [2.24, 2.45) is 0 Å². The number of benzene rings is 3. The Balaban J connectivity index is 1.89. The maximum atomic E-state index is 13.1. The van der Waals surface area contributed by atoms with Crippen LogP contribution in [0, 0.1) is 6.92 Å². The van der Waals surface area contributed by atoms with Gasteiger partial charge in [-0.1, -0.05) is 60.7 Å². The first kappa shape index (κ1) is 15.1. The molecule has 0 atom stereocenters. The van der Waals surface area contributed by atoms with Gasteiger partial charge in [0, 0.05) is 11.3 Å². The molecule has 0 spiro atoms. The summed E-state index contributed by atoms with van der Waals surface area (Å²) in [7, 11) is 0. The first-order valence-electron chi connectivity index (χ1n) is 8.06. The minimum Gasteiger partial charge on any atom is -0.295 e. The molecule has 0 fully saturated rings. The van der Waals surface area contributed by atoms with Crippen molar-refractivity contribution in [3.63, 3.8) is 0 Å². The number of nitrogens with zero attached hydrogens (tertiary/aromatic N) is 1. The quantitative estimate of drug-likeness (QED) is 0.581. The van der Waals surface area contributed by atoms with Gasteiger partial charge in [0.2, 0.25) is 5.78 Å². The van der Waals surface area contributed by atoms with Gasteiger partial charge >= 0.3 is 0 Å². The number of fused-ring (bicyclic) bond motifs is 1. The first-order valence-corrected chi connectivity index (χ1v) is 8.06. The largest absolute Gasteiger partial charge is 0.295 e. The number of aromatic amines is 1. The van der Waals surface area contributed by atoms with E-state index in [1.165, 1.54) is 4.68 Å². The number of carbonyl (C=O) groups excluding carboxylic acids is 1. The summed E-state index contributed by atoms with van der Waals surface area (Å²) in [5.41, 5.74) is 1.65. The summed E-state index contributed by atoms with van der Waals surface area (Å²) in [6.45, 7) is 1.75. The number of hydrogen-bond acceptors (Lipinski definition) is 2. The van der Waals surface area contributed by atoms with Gasteiger partial charge in [0.15, 0.2) is 0 Å². The lowest BCUT2D eigenvalue weighted by atomic mass is 9.97. The number of para-hydroxylation sites is 1. The Morgan fingerprint density at radius 3 is 2.36 bits per heavy atom. The fourth-order valence-corrected chi connectivity index (χ4v) is 3.13. The highest BCUT2D eigenvalue weighted by atomic mass is 16.2. The highest BCUT2D eigenvalue weighted by Gasteiger charge is 2.22. The molecule has 4 aromatic rings. The van der Waals surface area contributed by atoms with Crippen LogP contribution < -0.4 is 5.56 Å². The minimum absolute atomic E-state index is 0.181. The van der Waals surface area contributed by atoms with Gasteiger partial charge in [-0.15, -0.1) is 0 Å². The zero-order valence-corrected chi connectivity index (χ0v) is 13.7. The molecule has 0 bridgehead atoms. The molecule has 4 heteroatoms. The molecule has 122 valence electrons. The molecule has 3 aromatic carbocycles. The Labute approximate surface area is 144 Å². The molecule has 1 heterocycles. The Bertz CT molecular complexity index is 1130. The molecular weight excluding hydrogens is 312 g/mol. The van der Waals surface area contributed by atoms with Crippen molar-refractivity contribution in [3.05, 3.63) is 100.0 Å². The van der Waals surface area contributed by atoms with E-state index in [1.54, 1.807) is 13.0 Å². The molecular formula is C21H16N2O2. The van der Waals surface area contributed by atoms with Gasteiger partial charge in [-0.2, -0.15) is 0 Å². The van der Waals surface area contributed by atoms with Crippen LogP contribution in [0.1, 0.15) is 21.6 Å². The molecule has 0 aliphatic heterocycles. The molecule has 4 rings (SSSR count). The van der Waals surface area contributed by atoms with Gasteiger partial charge in [-0.3, -0.25) is 14.7 Å². The van der Waals surface area contributed by atoms with Crippen LogP contribution in [0.3, 0.4) is 0 Å². The number of aryl methyl sites for hydroxylation is 1. The van der Waals surface area contributed by atoms with Crippen molar-refractivity contribution >= 4 is 16.6 Å². The molecule has 1 N–H and O–H groups in total. The second-order valence-corrected chi connectivity index (χ2v) is 5.94. The summed E-state index contributed by atoms with van der Waals surface area (Å²) < 4.78 is 1.41. The third-order valence-corrected chi connectivity index (χ3v) is 4.35. The summed E-state index contributed by atoms with van der Waals surface area (Å²) in [6.07, 6.45) is 0. The van der Waals surface area contributed by atoms with Crippen molar-refractivity contribution in [2.75, 3.05) is 0 Å². The molecule has 1 aromatic heterocycles. The predicted molar refractivity (Wildman–Crippen MR) is 98.5 cm³/mol. The molecule has 0 amide bonds. The van der Waals surface area contributed by atoms with Crippen molar-refractivity contribution < 1.29 is 4.79 Å². The molecule has 0 saturated heterocycles. The van der Waals surface area contributed by atoms with Gasteiger partial charge in [0.05, 0.1) is 5.69 Å². The highest BCUT2D eigenvalue weighted by Crippen LogP contribution is 2.21. The molecule has 0 saturated carbocycles. The Hall–Kier alpha value is -3.40. The van der Waals surface area contributed by atoms with E-state index in [4.69, 9.17) is 0 Å². The normalized spacial score (nSPS) is 10.9. The van der Waals surface area contributed by atoms with E-state index < -0.39 is 0 Å². The Morgan fingerprint density at radius 1 is 0.880 bits per heavy atom. The van der Waals surface area contributed by atoms with Gasteiger partial charge in [-0.05, 0) is 29.8 Å². The molecule has 0 unspecified atom stereocenters. The summed E-state index contributed by atoms with van der Waals surface area (Å²) in [5, 5.41) is 4.84. The van der Waals surface area contributed by atoms with E-state index in [0.29, 0.717) is 16.9 Å². The number of rotatable bonds is 3. The van der Waals surface area contributed by atoms with Crippen LogP contribution in [0.4, 0.5) is 0 Å². The minimum atomic E-state index is -0.332. The van der Waals surface area contributed by atoms with Crippen molar-refractivity contribution in [1.82, 2.24) is 9.78 Å². The average molecular weight is 328 g/mol. The van der Waals surface area contributed by atoms with E-state index in [-0.39, 0.29) is 16.9 Å². The van der Waals surface area contributed by atoms with E-state index in [9.17, 15) is 9.59 Å². The maximum Gasteiger partial charge on any atom is 0.282 e. The lowest BCUT2D eigenvalue weighted by molar-refractivity contribution is 0.103. The third-order valence-electron chi connectivity index (χ3n) is 4.35. The van der Waals surface area contributed by atoms with E-state index in [2.05, 4.69) is 5.10 Å². The number of aromatic nitrogens is 2. The van der Waals surface area contributed by atoms with Crippen LogP contribution in [0.15, 0.2) is 77.6 Å². The standard InChI is InChI=1S/C21H16N2O2/c1-14-19(21(25)23(22-14)16-10-3-2-4-11-16)20(24)18-13-7-9-15-8-5-6-12-17(15)18/h2-13,22H,1H3. The second kappa shape index (κ2) is 5.91. The maximum absolute atomic E-state index is 13.1. The number of carbonyl (C=O) groups is 1. The lowest BCUT2D eigenvalue weighted by Gasteiger charge is -2.04. The van der Waals surface area contributed by atoms with E-state index >= 15 is 0 Å². The van der Waals surface area contributed by atoms with Gasteiger partial charge in [0.1, 0.15) is 5.56 Å². The highest BCUT2D eigenvalue weighted by molar-refractivity contribution is 6.16. The Morgan fingerprint density at radius 2 is 1.56 bits per heavy atom. The first-order chi connectivity index (χ1) is 12.2. The summed E-state index contributed by atoms with van der Waals surface area (Å²) >= 11 is 0. The number of ketones is 1. The van der Waals surface area contributed by atoms with Crippen LogP contribution in [0.25, 0.3) is 16.5 Å². The van der Waals surface area contributed by atoms with Crippen molar-refractivity contribution in [1.29, 1.82) is 0 Å². The summed E-state index contributed by atoms with van der Waals surface area (Å²) in [5.74, 6) is -0.259. The number of hydrogen-bond donors (Lipinski definition) is 1. The fraction of sp³-hybridized carbons (Fsp3) is 0.0476. The number of H-pyrrole nitrogens is 1. The van der Waals surface area contributed by atoms with Crippen LogP contribution in [0.5, 0.6) is 0 Å². The van der Waals surface area contributed by atoms with Gasteiger partial charge < -0.3 is 0 Å². The zero-order valence-electron chi connectivity index (χ0n) is 13.7. The molecule has 0 aliphatic rings. The van der Waals surface area contributed by atoms with Gasteiger partial charge in [-0.25, -0.2) is 4.68 Å². The van der Waals surface area contributed by atoms with Crippen molar-refractivity contribution in [3.8, 4) is 5.69 Å². The molecule has 25 heavy (non-hydrogen) atoms. The van der Waals surface area contributed by atoms with Crippen LogP contribution in [0.2, 0.25) is 0 Å². The fourth-order valence-electron chi connectivity index (χ4n) is 3.13. The number of nitrogens with one attached hydrogen (secondary N) is 1. The van der Waals surface area contributed by atoms with Gasteiger partial charge in [0.25, 0.3) is 5.56 Å². The third kappa shape index (κ3) is 2.48.